The van der Waals surface area contributed by atoms with E-state index in [0.29, 0.717) is 0 Å². The number of benzene rings is 5. The lowest BCUT2D eigenvalue weighted by molar-refractivity contribution is 0.990. The molecular formula is C38H24N6. The molecule has 0 amide bonds. The van der Waals surface area contributed by atoms with Gasteiger partial charge in [-0.05, 0) is 48.5 Å². The van der Waals surface area contributed by atoms with Crippen LogP contribution in [0.4, 0.5) is 0 Å². The number of aromatic nitrogens is 6. The van der Waals surface area contributed by atoms with Gasteiger partial charge in [0, 0.05) is 21.5 Å². The van der Waals surface area contributed by atoms with Gasteiger partial charge in [-0.1, -0.05) is 91.0 Å². The monoisotopic (exact) mass is 564 g/mol. The second kappa shape index (κ2) is 8.69. The molecule has 0 saturated carbocycles. The molecule has 0 bridgehead atoms. The predicted octanol–water partition coefficient (Wildman–Crippen LogP) is 8.87. The van der Waals surface area contributed by atoms with Crippen molar-refractivity contribution in [3.05, 3.63) is 146 Å². The van der Waals surface area contributed by atoms with Crippen molar-refractivity contribution in [3.8, 4) is 17.5 Å². The van der Waals surface area contributed by atoms with E-state index in [0.717, 1.165) is 56.3 Å². The molecule has 0 radical (unpaired) electrons. The van der Waals surface area contributed by atoms with E-state index in [2.05, 4.69) is 164 Å². The van der Waals surface area contributed by atoms with Gasteiger partial charge in [0.2, 0.25) is 5.78 Å². The van der Waals surface area contributed by atoms with E-state index in [-0.39, 0.29) is 0 Å². The van der Waals surface area contributed by atoms with Gasteiger partial charge in [0.05, 0.1) is 39.3 Å². The number of pyridine rings is 1. The van der Waals surface area contributed by atoms with Crippen molar-refractivity contribution in [1.29, 1.82) is 0 Å². The fraction of sp³-hybridized carbons (Fsp3) is 0. The Balaban J connectivity index is 1.25. The molecule has 206 valence electrons. The minimum Gasteiger partial charge on any atom is -0.294 e. The molecule has 0 aliphatic heterocycles. The lowest BCUT2D eigenvalue weighted by atomic mass is 10.2. The molecule has 6 nitrogen and oxygen atoms in total. The van der Waals surface area contributed by atoms with E-state index in [1.54, 1.807) is 0 Å². The summed E-state index contributed by atoms with van der Waals surface area (Å²) in [6, 6.07) is 48.8. The highest BCUT2D eigenvalue weighted by Crippen LogP contribution is 2.34. The van der Waals surface area contributed by atoms with Gasteiger partial charge >= 0.3 is 0 Å². The Kier molecular flexibility index (Phi) is 4.63. The predicted molar refractivity (Wildman–Crippen MR) is 178 cm³/mol. The van der Waals surface area contributed by atoms with Gasteiger partial charge in [-0.3, -0.25) is 18.1 Å². The lowest BCUT2D eigenvalue weighted by Gasteiger charge is -2.10. The van der Waals surface area contributed by atoms with Crippen molar-refractivity contribution < 1.29 is 0 Å². The summed E-state index contributed by atoms with van der Waals surface area (Å²) < 4.78 is 8.87. The number of hydrogen-bond donors (Lipinski definition) is 0. The summed E-state index contributed by atoms with van der Waals surface area (Å²) >= 11 is 0. The van der Waals surface area contributed by atoms with Crippen LogP contribution in [0.5, 0.6) is 0 Å². The summed E-state index contributed by atoms with van der Waals surface area (Å²) in [6.45, 7) is 0. The average Bonchev–Trinajstić information content (AvgIpc) is 3.82. The molecule has 0 unspecified atom stereocenters. The van der Waals surface area contributed by atoms with Gasteiger partial charge in [-0.2, -0.15) is 4.98 Å². The van der Waals surface area contributed by atoms with Crippen LogP contribution in [-0.4, -0.2) is 28.1 Å². The van der Waals surface area contributed by atoms with Gasteiger partial charge in [-0.25, -0.2) is 4.98 Å². The van der Waals surface area contributed by atoms with E-state index in [9.17, 15) is 0 Å². The third-order valence-corrected chi connectivity index (χ3v) is 8.82. The van der Waals surface area contributed by atoms with Crippen LogP contribution >= 0.6 is 0 Å². The summed E-state index contributed by atoms with van der Waals surface area (Å²) in [5.41, 5.74) is 6.67. The standard InChI is InChI=1S/C38H24N6/c1-5-16-29-25(12-1)26-13-2-6-17-30(26)42(29)35-22-11-23-36(39-35)44-34-21-10-9-20-33(34)41-24-37(40-38(41)44)43-31-18-7-3-14-27(31)28-15-4-8-19-32(28)43/h1-24H. The van der Waals surface area contributed by atoms with E-state index >= 15 is 0 Å². The van der Waals surface area contributed by atoms with Crippen LogP contribution in [0, 0.1) is 0 Å². The summed E-state index contributed by atoms with van der Waals surface area (Å²) in [5, 5.41) is 4.87. The molecule has 5 aromatic carbocycles. The van der Waals surface area contributed by atoms with Crippen LogP contribution in [0.1, 0.15) is 0 Å². The van der Waals surface area contributed by atoms with Crippen LogP contribution in [0.15, 0.2) is 146 Å². The Morgan fingerprint density at radius 3 is 1.25 bits per heavy atom. The number of nitrogens with zero attached hydrogens (tertiary/aromatic N) is 6. The second-order valence-electron chi connectivity index (χ2n) is 11.2. The fourth-order valence-electron chi connectivity index (χ4n) is 6.99. The zero-order chi connectivity index (χ0) is 28.8. The van der Waals surface area contributed by atoms with Crippen molar-refractivity contribution in [2.75, 3.05) is 0 Å². The number of hydrogen-bond acceptors (Lipinski definition) is 2. The molecule has 0 aliphatic rings. The molecule has 5 heterocycles. The molecule has 0 atom stereocenters. The van der Waals surface area contributed by atoms with Gasteiger partial charge in [-0.15, -0.1) is 0 Å². The van der Waals surface area contributed by atoms with Crippen molar-refractivity contribution in [1.82, 2.24) is 28.1 Å². The molecular weight excluding hydrogens is 540 g/mol. The molecule has 0 saturated heterocycles. The average molecular weight is 565 g/mol. The van der Waals surface area contributed by atoms with Crippen molar-refractivity contribution in [2.24, 2.45) is 0 Å². The number of rotatable bonds is 3. The lowest BCUT2D eigenvalue weighted by Crippen LogP contribution is -2.03. The molecule has 0 N–H and O–H groups in total. The molecule has 10 aromatic rings. The van der Waals surface area contributed by atoms with Crippen molar-refractivity contribution in [3.63, 3.8) is 0 Å². The zero-order valence-electron chi connectivity index (χ0n) is 23.5. The fourth-order valence-corrected chi connectivity index (χ4v) is 6.99. The van der Waals surface area contributed by atoms with Gasteiger partial charge in [0.1, 0.15) is 11.6 Å². The molecule has 10 rings (SSSR count). The Bertz CT molecular complexity index is 2630. The van der Waals surface area contributed by atoms with E-state index in [1.807, 2.05) is 0 Å². The summed E-state index contributed by atoms with van der Waals surface area (Å²) in [6.07, 6.45) is 2.14. The third-order valence-electron chi connectivity index (χ3n) is 8.82. The first-order chi connectivity index (χ1) is 21.8. The number of imidazole rings is 2. The highest BCUT2D eigenvalue weighted by Gasteiger charge is 2.20. The summed E-state index contributed by atoms with van der Waals surface area (Å²) in [5.74, 6) is 3.37. The zero-order valence-corrected chi connectivity index (χ0v) is 23.5. The Morgan fingerprint density at radius 1 is 0.318 bits per heavy atom. The Hall–Kier alpha value is -6.14. The van der Waals surface area contributed by atoms with Crippen LogP contribution in [0.2, 0.25) is 0 Å². The topological polar surface area (TPSA) is 45.0 Å². The normalized spacial score (nSPS) is 12.1. The van der Waals surface area contributed by atoms with Crippen LogP contribution in [0.25, 0.3) is 77.9 Å². The molecule has 5 aromatic heterocycles. The second-order valence-corrected chi connectivity index (χ2v) is 11.2. The molecule has 44 heavy (non-hydrogen) atoms. The Labute approximate surface area is 251 Å². The van der Waals surface area contributed by atoms with Gasteiger partial charge in [0.15, 0.2) is 5.82 Å². The smallest absolute Gasteiger partial charge is 0.222 e. The summed E-state index contributed by atoms with van der Waals surface area (Å²) in [7, 11) is 0. The van der Waals surface area contributed by atoms with Crippen LogP contribution in [0.3, 0.4) is 0 Å². The maximum Gasteiger partial charge on any atom is 0.222 e. The minimum atomic E-state index is 0.815. The largest absolute Gasteiger partial charge is 0.294 e. The van der Waals surface area contributed by atoms with Crippen LogP contribution in [-0.2, 0) is 0 Å². The third kappa shape index (κ3) is 3.08. The van der Waals surface area contributed by atoms with E-state index < -0.39 is 0 Å². The maximum absolute atomic E-state index is 5.30. The van der Waals surface area contributed by atoms with Gasteiger partial charge < -0.3 is 0 Å². The first-order valence-corrected chi connectivity index (χ1v) is 14.8. The first-order valence-electron chi connectivity index (χ1n) is 14.8. The molecule has 0 fully saturated rings. The quantitative estimate of drug-likeness (QED) is 0.215. The van der Waals surface area contributed by atoms with E-state index in [4.69, 9.17) is 9.97 Å². The maximum atomic E-state index is 5.30. The highest BCUT2D eigenvalue weighted by molar-refractivity contribution is 6.10. The van der Waals surface area contributed by atoms with Crippen molar-refractivity contribution in [2.45, 2.75) is 0 Å². The SMILES string of the molecule is c1cc(-n2c3ccccc3c3ccccc32)nc(-n2c3ccccc3n3cc(-n4c5ccccc5c5ccccc54)nc23)c1. The number of para-hydroxylation sites is 6. The van der Waals surface area contributed by atoms with E-state index in [1.165, 1.54) is 21.5 Å². The molecule has 0 spiro atoms. The van der Waals surface area contributed by atoms with Gasteiger partial charge in [0.25, 0.3) is 0 Å². The number of fused-ring (bicyclic) bond motifs is 9. The summed E-state index contributed by atoms with van der Waals surface area (Å²) in [4.78, 5) is 10.6. The van der Waals surface area contributed by atoms with Crippen LogP contribution < -0.4 is 0 Å². The molecule has 6 heteroatoms. The minimum absolute atomic E-state index is 0.815. The Morgan fingerprint density at radius 2 is 0.727 bits per heavy atom. The molecule has 0 aliphatic carbocycles. The highest BCUT2D eigenvalue weighted by atomic mass is 15.3. The first kappa shape index (κ1) is 23.4. The van der Waals surface area contributed by atoms with Crippen molar-refractivity contribution >= 4 is 60.4 Å².